The van der Waals surface area contributed by atoms with Crippen molar-refractivity contribution >= 4 is 11.8 Å². The highest BCUT2D eigenvalue weighted by atomic mass is 16.5. The van der Waals surface area contributed by atoms with Gasteiger partial charge in [-0.1, -0.05) is 25.0 Å². The lowest BCUT2D eigenvalue weighted by atomic mass is 10.0. The van der Waals surface area contributed by atoms with E-state index in [4.69, 9.17) is 9.84 Å². The summed E-state index contributed by atoms with van der Waals surface area (Å²) >= 11 is 0. The molecule has 0 aliphatic heterocycles. The summed E-state index contributed by atoms with van der Waals surface area (Å²) in [7, 11) is 0. The minimum absolute atomic E-state index is 0.00290. The van der Waals surface area contributed by atoms with Crippen molar-refractivity contribution in [2.24, 2.45) is 0 Å². The largest absolute Gasteiger partial charge is 0.493 e. The quantitative estimate of drug-likeness (QED) is 0.578. The molecule has 1 aromatic carbocycles. The zero-order valence-corrected chi connectivity index (χ0v) is 11.4. The monoisotopic (exact) mass is 264 g/mol. The van der Waals surface area contributed by atoms with Crippen molar-refractivity contribution in [1.29, 1.82) is 0 Å². The summed E-state index contributed by atoms with van der Waals surface area (Å²) < 4.78 is 5.59. The first-order valence-electron chi connectivity index (χ1n) is 6.53. The standard InChI is InChI=1S/C15H20O4/c1-3-4-9-19-14-7-5-11(2)10-12(14)13(16)6-8-15(17)18/h5,7,10H,3-4,6,8-9H2,1-2H3,(H,17,18). The number of aliphatic carboxylic acids is 1. The Hall–Kier alpha value is -1.84. The second-order valence-electron chi connectivity index (χ2n) is 4.52. The zero-order chi connectivity index (χ0) is 14.3. The van der Waals surface area contributed by atoms with Gasteiger partial charge in [-0.2, -0.15) is 0 Å². The van der Waals surface area contributed by atoms with E-state index >= 15 is 0 Å². The molecule has 0 unspecified atom stereocenters. The molecule has 0 fully saturated rings. The van der Waals surface area contributed by atoms with E-state index in [0.29, 0.717) is 17.9 Å². The second-order valence-corrected chi connectivity index (χ2v) is 4.52. The van der Waals surface area contributed by atoms with Gasteiger partial charge in [0.2, 0.25) is 0 Å². The van der Waals surface area contributed by atoms with Crippen LogP contribution in [-0.2, 0) is 4.79 Å². The molecule has 0 bridgehead atoms. The molecule has 0 aliphatic carbocycles. The van der Waals surface area contributed by atoms with Gasteiger partial charge in [0.25, 0.3) is 0 Å². The van der Waals surface area contributed by atoms with Crippen molar-refractivity contribution in [3.8, 4) is 5.75 Å². The summed E-state index contributed by atoms with van der Waals surface area (Å²) in [5.74, 6) is -0.596. The zero-order valence-electron chi connectivity index (χ0n) is 11.4. The van der Waals surface area contributed by atoms with Crippen LogP contribution >= 0.6 is 0 Å². The first-order valence-corrected chi connectivity index (χ1v) is 6.53. The van der Waals surface area contributed by atoms with Gasteiger partial charge >= 0.3 is 5.97 Å². The summed E-state index contributed by atoms with van der Waals surface area (Å²) in [5, 5.41) is 8.62. The molecule has 0 saturated heterocycles. The third kappa shape index (κ3) is 5.12. The third-order valence-electron chi connectivity index (χ3n) is 2.76. The molecule has 0 saturated carbocycles. The van der Waals surface area contributed by atoms with Crippen LogP contribution in [0.3, 0.4) is 0 Å². The van der Waals surface area contributed by atoms with Gasteiger partial charge in [0, 0.05) is 6.42 Å². The molecule has 0 radical (unpaired) electrons. The van der Waals surface area contributed by atoms with Crippen LogP contribution in [0.4, 0.5) is 0 Å². The highest BCUT2D eigenvalue weighted by Crippen LogP contribution is 2.22. The topological polar surface area (TPSA) is 63.6 Å². The fraction of sp³-hybridized carbons (Fsp3) is 0.467. The lowest BCUT2D eigenvalue weighted by molar-refractivity contribution is -0.136. The maximum Gasteiger partial charge on any atom is 0.303 e. The van der Waals surface area contributed by atoms with Crippen LogP contribution in [0.25, 0.3) is 0 Å². The van der Waals surface area contributed by atoms with Crippen LogP contribution in [0, 0.1) is 6.92 Å². The van der Waals surface area contributed by atoms with Crippen molar-refractivity contribution in [3.63, 3.8) is 0 Å². The molecule has 0 spiro atoms. The van der Waals surface area contributed by atoms with Gasteiger partial charge in [-0.15, -0.1) is 0 Å². The van der Waals surface area contributed by atoms with Crippen molar-refractivity contribution in [1.82, 2.24) is 0 Å². The Morgan fingerprint density at radius 3 is 2.63 bits per heavy atom. The van der Waals surface area contributed by atoms with Gasteiger partial charge in [0.05, 0.1) is 18.6 Å². The van der Waals surface area contributed by atoms with Crippen molar-refractivity contribution in [2.75, 3.05) is 6.61 Å². The fourth-order valence-electron chi connectivity index (χ4n) is 1.67. The third-order valence-corrected chi connectivity index (χ3v) is 2.76. The Bertz CT molecular complexity index is 451. The van der Waals surface area contributed by atoms with Gasteiger partial charge in [0.1, 0.15) is 5.75 Å². The maximum absolute atomic E-state index is 12.0. The first-order chi connectivity index (χ1) is 9.04. The number of ether oxygens (including phenoxy) is 1. The Labute approximate surface area is 113 Å². The Morgan fingerprint density at radius 1 is 1.26 bits per heavy atom. The number of aryl methyl sites for hydroxylation is 1. The number of ketones is 1. The van der Waals surface area contributed by atoms with Gasteiger partial charge in [-0.3, -0.25) is 9.59 Å². The molecule has 19 heavy (non-hydrogen) atoms. The summed E-state index contributed by atoms with van der Waals surface area (Å²) in [4.78, 5) is 22.5. The van der Waals surface area contributed by atoms with E-state index in [1.54, 1.807) is 12.1 Å². The number of benzene rings is 1. The normalized spacial score (nSPS) is 10.2. The van der Waals surface area contributed by atoms with E-state index in [1.165, 1.54) is 0 Å². The molecule has 0 amide bonds. The van der Waals surface area contributed by atoms with Crippen LogP contribution in [0.2, 0.25) is 0 Å². The molecule has 4 nitrogen and oxygen atoms in total. The number of hydrogen-bond donors (Lipinski definition) is 1. The first kappa shape index (κ1) is 15.2. The number of unbranched alkanes of at least 4 members (excludes halogenated alkanes) is 1. The van der Waals surface area contributed by atoms with E-state index < -0.39 is 5.97 Å². The second kappa shape index (κ2) is 7.56. The molecule has 0 atom stereocenters. The van der Waals surface area contributed by atoms with E-state index in [1.807, 2.05) is 13.0 Å². The van der Waals surface area contributed by atoms with Crippen molar-refractivity contribution in [2.45, 2.75) is 39.5 Å². The maximum atomic E-state index is 12.0. The Morgan fingerprint density at radius 2 is 2.00 bits per heavy atom. The number of carbonyl (C=O) groups is 2. The predicted octanol–water partition coefficient (Wildman–Crippen LogP) is 3.22. The summed E-state index contributed by atoms with van der Waals surface area (Å²) in [6.07, 6.45) is 1.80. The van der Waals surface area contributed by atoms with Gasteiger partial charge < -0.3 is 9.84 Å². The Kier molecular flexibility index (Phi) is 6.06. The van der Waals surface area contributed by atoms with E-state index in [2.05, 4.69) is 6.92 Å². The van der Waals surface area contributed by atoms with Crippen LogP contribution in [0.5, 0.6) is 5.75 Å². The summed E-state index contributed by atoms with van der Waals surface area (Å²) in [6.45, 7) is 4.53. The molecule has 1 aromatic rings. The molecule has 0 aromatic heterocycles. The van der Waals surface area contributed by atoms with Crippen LogP contribution in [0.15, 0.2) is 18.2 Å². The number of rotatable bonds is 8. The molecule has 0 aliphatic rings. The molecule has 4 heteroatoms. The van der Waals surface area contributed by atoms with E-state index in [9.17, 15) is 9.59 Å². The molecular weight excluding hydrogens is 244 g/mol. The number of Topliss-reactive ketones (excluding diaryl/α,β-unsaturated/α-hetero) is 1. The fourth-order valence-corrected chi connectivity index (χ4v) is 1.67. The van der Waals surface area contributed by atoms with Crippen LogP contribution < -0.4 is 4.74 Å². The summed E-state index contributed by atoms with van der Waals surface area (Å²) in [5.41, 5.74) is 1.44. The molecule has 1 rings (SSSR count). The van der Waals surface area contributed by atoms with E-state index in [-0.39, 0.29) is 18.6 Å². The lowest BCUT2D eigenvalue weighted by Crippen LogP contribution is -2.07. The van der Waals surface area contributed by atoms with Crippen molar-refractivity contribution < 1.29 is 19.4 Å². The molecular formula is C15H20O4. The van der Waals surface area contributed by atoms with Crippen molar-refractivity contribution in [3.05, 3.63) is 29.3 Å². The lowest BCUT2D eigenvalue weighted by Gasteiger charge is -2.11. The average molecular weight is 264 g/mol. The smallest absolute Gasteiger partial charge is 0.303 e. The highest BCUT2D eigenvalue weighted by molar-refractivity contribution is 6.00. The van der Waals surface area contributed by atoms with Gasteiger partial charge in [0.15, 0.2) is 5.78 Å². The minimum atomic E-state index is -0.963. The van der Waals surface area contributed by atoms with Crippen LogP contribution in [0.1, 0.15) is 48.5 Å². The molecule has 0 heterocycles. The Balaban J connectivity index is 2.80. The van der Waals surface area contributed by atoms with Gasteiger partial charge in [-0.05, 0) is 25.5 Å². The van der Waals surface area contributed by atoms with Gasteiger partial charge in [-0.25, -0.2) is 0 Å². The average Bonchev–Trinajstić information content (AvgIpc) is 2.37. The predicted molar refractivity (Wildman–Crippen MR) is 72.8 cm³/mol. The number of hydrogen-bond acceptors (Lipinski definition) is 3. The van der Waals surface area contributed by atoms with E-state index in [0.717, 1.165) is 18.4 Å². The minimum Gasteiger partial charge on any atom is -0.493 e. The van der Waals surface area contributed by atoms with Crippen LogP contribution in [-0.4, -0.2) is 23.5 Å². The molecule has 1 N–H and O–H groups in total. The number of carbonyl (C=O) groups excluding carboxylic acids is 1. The SMILES string of the molecule is CCCCOc1ccc(C)cc1C(=O)CCC(=O)O. The molecule has 104 valence electrons. The number of carboxylic acid groups (broad SMARTS) is 1. The summed E-state index contributed by atoms with van der Waals surface area (Å²) in [6, 6.07) is 5.42. The highest BCUT2D eigenvalue weighted by Gasteiger charge is 2.14. The number of carboxylic acids is 1.